The number of likely N-dealkylation sites (tertiary alicyclic amines) is 1. The molecule has 6 heteroatoms. The highest BCUT2D eigenvalue weighted by molar-refractivity contribution is 5.98. The smallest absolute Gasteiger partial charge is 0.391 e. The molecule has 1 heterocycles. The van der Waals surface area contributed by atoms with Crippen molar-refractivity contribution in [3.05, 3.63) is 69.8 Å². The zero-order chi connectivity index (χ0) is 37.4. The summed E-state index contributed by atoms with van der Waals surface area (Å²) in [6, 6.07) is 6.52. The minimum atomic E-state index is -5.26. The molecule has 0 atom stereocenters. The van der Waals surface area contributed by atoms with Gasteiger partial charge in [-0.1, -0.05) is 56.0 Å². The molecule has 1 aliphatic carbocycles. The summed E-state index contributed by atoms with van der Waals surface area (Å²) in [5.41, 5.74) is -2.47. The van der Waals surface area contributed by atoms with Crippen LogP contribution in [0.15, 0.2) is 41.6 Å². The minimum Gasteiger partial charge on any atom is -0.391 e. The van der Waals surface area contributed by atoms with Crippen molar-refractivity contribution in [3.63, 3.8) is 0 Å². The Labute approximate surface area is 227 Å². The molecule has 4 rings (SSSR count). The minimum absolute atomic E-state index is 0.0815. The number of alkyl halides is 3. The van der Waals surface area contributed by atoms with E-state index in [-0.39, 0.29) is 11.1 Å². The fraction of sp³-hybridized carbons (Fsp3) is 0.552. The van der Waals surface area contributed by atoms with E-state index in [1.54, 1.807) is 11.8 Å². The number of nitrogens with zero attached hydrogens (tertiary/aromatic N) is 2. The molecule has 0 amide bonds. The highest BCUT2D eigenvalue weighted by Crippen LogP contribution is 2.42. The van der Waals surface area contributed by atoms with Crippen LogP contribution < -0.4 is 0 Å². The second-order valence-electron chi connectivity index (χ2n) is 8.41. The van der Waals surface area contributed by atoms with E-state index < -0.39 is 80.3 Å². The molecule has 2 fully saturated rings. The van der Waals surface area contributed by atoms with Gasteiger partial charge in [-0.25, -0.2) is 0 Å². The monoisotopic (exact) mass is 500 g/mol. The molecule has 0 aromatic heterocycles. The van der Waals surface area contributed by atoms with Crippen molar-refractivity contribution in [1.82, 2.24) is 4.90 Å². The number of rotatable bonds is 8. The first-order valence-corrected chi connectivity index (χ1v) is 11.4. The van der Waals surface area contributed by atoms with Gasteiger partial charge in [-0.3, -0.25) is 4.90 Å². The summed E-state index contributed by atoms with van der Waals surface area (Å²) in [5, 5.41) is 3.72. The number of hydrogen-bond acceptors (Lipinski definition) is 3. The Morgan fingerprint density at radius 2 is 1.94 bits per heavy atom. The Bertz CT molecular complexity index is 1570. The Morgan fingerprint density at radius 3 is 2.57 bits per heavy atom. The summed E-state index contributed by atoms with van der Waals surface area (Å²) in [4.78, 5) is 6.86. The van der Waals surface area contributed by atoms with Gasteiger partial charge < -0.3 is 4.84 Å². The highest BCUT2D eigenvalue weighted by atomic mass is 19.4. The van der Waals surface area contributed by atoms with Gasteiger partial charge in [0.2, 0.25) is 0 Å². The molecule has 2 aliphatic rings. The van der Waals surface area contributed by atoms with Crippen LogP contribution in [0.2, 0.25) is 0 Å². The van der Waals surface area contributed by atoms with Crippen LogP contribution in [0, 0.1) is 5.89 Å². The molecule has 0 spiro atoms. The summed E-state index contributed by atoms with van der Waals surface area (Å²) >= 11 is 0. The predicted molar refractivity (Wildman–Crippen MR) is 135 cm³/mol. The van der Waals surface area contributed by atoms with Crippen LogP contribution in [0.5, 0.6) is 0 Å². The van der Waals surface area contributed by atoms with Crippen molar-refractivity contribution in [2.24, 2.45) is 11.0 Å². The predicted octanol–water partition coefficient (Wildman–Crippen LogP) is 7.71. The van der Waals surface area contributed by atoms with Crippen LogP contribution in [-0.4, -0.2) is 23.7 Å². The topological polar surface area (TPSA) is 24.8 Å². The molecule has 1 saturated heterocycles. The van der Waals surface area contributed by atoms with Crippen LogP contribution in [0.4, 0.5) is 13.2 Å². The molecule has 0 unspecified atom stereocenters. The van der Waals surface area contributed by atoms with E-state index in [0.29, 0.717) is 49.7 Å². The standard InChI is InChI=1S/C29H37F3N2O/c1-4-23-17-25(11-12-26(23)18-34-14-5-15-34)21(3)33-35-19-22-8-13-27(28(16-22)29(30,31)32)24-9-6-20(2)7-10-24/h8,11-13,16-17,20,24H,4-7,9-10,14-15,18-19H2,1-3H3/b33-21+/i3D3,6D2,7D2,9D2,10D2,18D2,20D. The molecular formula is C29H37F3N2O. The lowest BCUT2D eigenvalue weighted by atomic mass is 9.78. The molecule has 1 aliphatic heterocycles. The second kappa shape index (κ2) is 11.2. The van der Waals surface area contributed by atoms with Gasteiger partial charge in [0.15, 0.2) is 0 Å². The zero-order valence-electron chi connectivity index (χ0n) is 33.5. The molecular weight excluding hydrogens is 449 g/mol. The Hall–Kier alpha value is -2.34. The summed E-state index contributed by atoms with van der Waals surface area (Å²) in [6.45, 7) is -1.79. The molecule has 2 aromatic rings. The van der Waals surface area contributed by atoms with Gasteiger partial charge in [-0.05, 0) is 97.3 Å². The van der Waals surface area contributed by atoms with E-state index in [9.17, 15) is 13.2 Å². The SMILES string of the molecule is [2H]C([2H])([2H])/C(=N\OCc1ccc(C2C([2H])([2H])C([2H])([2H])C([2H])(C)C([2H])([2H])C2([2H])[2H])c(C(F)(F)F)c1)c1ccc(C([2H])([2H])N2CCC2)c(CC)c1. The van der Waals surface area contributed by atoms with Gasteiger partial charge in [0.25, 0.3) is 0 Å². The van der Waals surface area contributed by atoms with Crippen LogP contribution in [-0.2, 0) is 30.5 Å². The van der Waals surface area contributed by atoms with Crippen LogP contribution in [0.1, 0.15) is 111 Å². The molecule has 190 valence electrons. The first-order chi connectivity index (χ1) is 22.1. The molecule has 0 radical (unpaired) electrons. The second-order valence-corrected chi connectivity index (χ2v) is 8.41. The maximum Gasteiger partial charge on any atom is 0.416 e. The third-order valence-corrected chi connectivity index (χ3v) is 5.82. The Kier molecular flexibility index (Phi) is 4.23. The number of aryl methyl sites for hydroxylation is 1. The lowest BCUT2D eigenvalue weighted by Gasteiger charge is -2.31. The van der Waals surface area contributed by atoms with Crippen molar-refractivity contribution in [1.29, 1.82) is 0 Å². The number of halogens is 3. The first kappa shape index (κ1) is 13.3. The van der Waals surface area contributed by atoms with Crippen molar-refractivity contribution in [3.8, 4) is 0 Å². The molecule has 0 N–H and O–H groups in total. The summed E-state index contributed by atoms with van der Waals surface area (Å²) < 4.78 is 160. The molecule has 1 saturated carbocycles. The van der Waals surface area contributed by atoms with Gasteiger partial charge in [0, 0.05) is 25.7 Å². The van der Waals surface area contributed by atoms with E-state index in [0.717, 1.165) is 12.5 Å². The first-order valence-electron chi connectivity index (χ1n) is 18.4. The average Bonchev–Trinajstić information content (AvgIpc) is 2.92. The quantitative estimate of drug-likeness (QED) is 0.274. The fourth-order valence-electron chi connectivity index (χ4n) is 3.74. The third kappa shape index (κ3) is 6.46. The van der Waals surface area contributed by atoms with Gasteiger partial charge in [-0.15, -0.1) is 0 Å². The summed E-state index contributed by atoms with van der Waals surface area (Å²) in [6.07, 6.45) is -17.9. The van der Waals surface area contributed by atoms with Crippen LogP contribution >= 0.6 is 0 Å². The Morgan fingerprint density at radius 1 is 1.17 bits per heavy atom. The number of hydrogen-bond donors (Lipinski definition) is 0. The molecule has 2 aromatic carbocycles. The highest BCUT2D eigenvalue weighted by Gasteiger charge is 2.36. The summed E-state index contributed by atoms with van der Waals surface area (Å²) in [7, 11) is 0. The van der Waals surface area contributed by atoms with E-state index in [1.165, 1.54) is 18.2 Å². The molecule has 3 nitrogen and oxygen atoms in total. The third-order valence-electron chi connectivity index (χ3n) is 5.82. The van der Waals surface area contributed by atoms with Crippen LogP contribution in [0.25, 0.3) is 0 Å². The van der Waals surface area contributed by atoms with Crippen molar-refractivity contribution in [2.45, 2.75) is 84.2 Å². The maximum atomic E-state index is 14.5. The van der Waals surface area contributed by atoms with E-state index in [4.69, 9.17) is 24.0 Å². The van der Waals surface area contributed by atoms with E-state index >= 15 is 0 Å². The normalized spacial score (nSPS) is 36.1. The van der Waals surface area contributed by atoms with E-state index in [2.05, 4.69) is 5.16 Å². The maximum absolute atomic E-state index is 14.5. The van der Waals surface area contributed by atoms with Gasteiger partial charge >= 0.3 is 6.18 Å². The fourth-order valence-corrected chi connectivity index (χ4v) is 3.74. The lowest BCUT2D eigenvalue weighted by molar-refractivity contribution is -0.138. The van der Waals surface area contributed by atoms with E-state index in [1.807, 2.05) is 0 Å². The summed E-state index contributed by atoms with van der Waals surface area (Å²) in [5.74, 6) is -5.68. The number of benzene rings is 2. The van der Waals surface area contributed by atoms with Crippen molar-refractivity contribution in [2.75, 3.05) is 13.1 Å². The zero-order valence-corrected chi connectivity index (χ0v) is 19.5. The van der Waals surface area contributed by atoms with Crippen LogP contribution in [0.3, 0.4) is 0 Å². The van der Waals surface area contributed by atoms with Crippen molar-refractivity contribution >= 4 is 5.71 Å². The lowest BCUT2D eigenvalue weighted by Crippen LogP contribution is -2.36. The number of oxime groups is 1. The van der Waals surface area contributed by atoms with Gasteiger partial charge in [0.05, 0.1) is 11.3 Å². The van der Waals surface area contributed by atoms with Crippen molar-refractivity contribution < 1.29 is 37.2 Å². The Balaban J connectivity index is 1.72. The van der Waals surface area contributed by atoms with Gasteiger partial charge in [-0.2, -0.15) is 13.2 Å². The average molecular weight is 501 g/mol. The molecule has 0 bridgehead atoms. The molecule has 35 heavy (non-hydrogen) atoms. The van der Waals surface area contributed by atoms with Gasteiger partial charge in [0.1, 0.15) is 6.61 Å². The largest absolute Gasteiger partial charge is 0.416 e.